The van der Waals surface area contributed by atoms with E-state index in [4.69, 9.17) is 0 Å². The molecule has 6 nitrogen and oxygen atoms in total. The monoisotopic (exact) mass is 453 g/mol. The molecule has 0 aliphatic carbocycles. The highest BCUT2D eigenvalue weighted by atomic mass is 19.4. The third-order valence-corrected chi connectivity index (χ3v) is 4.93. The van der Waals surface area contributed by atoms with Gasteiger partial charge < -0.3 is 10.1 Å². The van der Waals surface area contributed by atoms with Gasteiger partial charge in [-0.05, 0) is 48.4 Å². The largest absolute Gasteiger partial charge is 0.573 e. The Morgan fingerprint density at radius 3 is 2.27 bits per heavy atom. The van der Waals surface area contributed by atoms with Crippen molar-refractivity contribution in [2.75, 3.05) is 5.32 Å². The molecule has 2 amide bonds. The number of alkyl halides is 3. The number of imide groups is 1. The number of hydrogen-bond acceptors (Lipinski definition) is 5. The molecule has 2 aromatic carbocycles. The number of benzene rings is 2. The molecule has 0 fully saturated rings. The smallest absolute Gasteiger partial charge is 0.406 e. The Bertz CT molecular complexity index is 1210. The number of ether oxygens (including phenoxy) is 1. The summed E-state index contributed by atoms with van der Waals surface area (Å²) in [5, 5.41) is 2.91. The molecule has 1 aliphatic heterocycles. The van der Waals surface area contributed by atoms with Crippen molar-refractivity contribution in [3.63, 3.8) is 0 Å². The lowest BCUT2D eigenvalue weighted by atomic mass is 10.0. The molecule has 1 aliphatic rings. The number of carbonyl (C=O) groups is 2. The molecule has 2 heterocycles. The number of carbonyl (C=O) groups excluding carboxylic acids is 2. The molecule has 4 rings (SSSR count). The topological polar surface area (TPSA) is 71.5 Å². The molecule has 0 unspecified atom stereocenters. The van der Waals surface area contributed by atoms with Crippen LogP contribution in [0.4, 0.5) is 18.9 Å². The normalized spacial score (nSPS) is 14.1. The number of rotatable bonds is 6. The van der Waals surface area contributed by atoms with E-state index >= 15 is 0 Å². The van der Waals surface area contributed by atoms with Crippen LogP contribution in [0.3, 0.4) is 0 Å². The molecule has 0 radical (unpaired) electrons. The van der Waals surface area contributed by atoms with Gasteiger partial charge in [0.05, 0.1) is 12.1 Å². The summed E-state index contributed by atoms with van der Waals surface area (Å²) in [4.78, 5) is 31.6. The van der Waals surface area contributed by atoms with Crippen LogP contribution in [0.15, 0.2) is 78.8 Å². The van der Waals surface area contributed by atoms with E-state index < -0.39 is 23.9 Å². The number of aromatic nitrogens is 1. The van der Waals surface area contributed by atoms with E-state index in [2.05, 4.69) is 15.0 Å². The van der Waals surface area contributed by atoms with Crippen molar-refractivity contribution in [1.82, 2.24) is 9.88 Å². The molecule has 0 saturated carbocycles. The van der Waals surface area contributed by atoms with Gasteiger partial charge in [0.1, 0.15) is 11.4 Å². The SMILES string of the molecule is Cc1ccc(C2=C(Nc3ccc(OC(F)(F)F)cc3)C(=O)N(Cc3cccnc3)C2=O)cc1. The molecule has 33 heavy (non-hydrogen) atoms. The molecule has 3 aromatic rings. The summed E-state index contributed by atoms with van der Waals surface area (Å²) in [6.45, 7) is 1.93. The van der Waals surface area contributed by atoms with Gasteiger partial charge in [-0.1, -0.05) is 35.9 Å². The number of hydrogen-bond donors (Lipinski definition) is 1. The van der Waals surface area contributed by atoms with Gasteiger partial charge in [-0.15, -0.1) is 13.2 Å². The zero-order chi connectivity index (χ0) is 23.6. The summed E-state index contributed by atoms with van der Waals surface area (Å²) in [6.07, 6.45) is -1.65. The summed E-state index contributed by atoms with van der Waals surface area (Å²) in [6, 6.07) is 15.5. The van der Waals surface area contributed by atoms with Crippen LogP contribution in [0.2, 0.25) is 0 Å². The van der Waals surface area contributed by atoms with Gasteiger partial charge in [0, 0.05) is 18.1 Å². The predicted octanol–water partition coefficient (Wildman–Crippen LogP) is 4.68. The van der Waals surface area contributed by atoms with Gasteiger partial charge in [-0.2, -0.15) is 0 Å². The van der Waals surface area contributed by atoms with Gasteiger partial charge in [0.15, 0.2) is 0 Å². The van der Waals surface area contributed by atoms with E-state index in [1.54, 1.807) is 36.7 Å². The Morgan fingerprint density at radius 2 is 1.67 bits per heavy atom. The minimum atomic E-state index is -4.81. The molecule has 0 saturated heterocycles. The van der Waals surface area contributed by atoms with Gasteiger partial charge in [-0.25, -0.2) is 0 Å². The number of nitrogens with zero attached hydrogens (tertiary/aromatic N) is 2. The zero-order valence-corrected chi connectivity index (χ0v) is 17.4. The molecule has 0 spiro atoms. The number of pyridine rings is 1. The maximum absolute atomic E-state index is 13.3. The second-order valence-corrected chi connectivity index (χ2v) is 7.37. The molecule has 0 atom stereocenters. The number of nitrogens with one attached hydrogen (secondary N) is 1. The van der Waals surface area contributed by atoms with Crippen molar-refractivity contribution in [2.24, 2.45) is 0 Å². The van der Waals surface area contributed by atoms with Crippen LogP contribution in [-0.2, 0) is 16.1 Å². The third kappa shape index (κ3) is 5.03. The Balaban J connectivity index is 1.67. The van der Waals surface area contributed by atoms with Gasteiger partial charge in [0.2, 0.25) is 0 Å². The van der Waals surface area contributed by atoms with Crippen LogP contribution in [0.1, 0.15) is 16.7 Å². The first kappa shape index (κ1) is 22.1. The summed E-state index contributed by atoms with van der Waals surface area (Å²) in [7, 11) is 0. The second kappa shape index (κ2) is 8.78. The summed E-state index contributed by atoms with van der Waals surface area (Å²) >= 11 is 0. The molecule has 9 heteroatoms. The third-order valence-electron chi connectivity index (χ3n) is 4.93. The van der Waals surface area contributed by atoms with Gasteiger partial charge in [0.25, 0.3) is 11.8 Å². The molecular weight excluding hydrogens is 435 g/mol. The predicted molar refractivity (Wildman–Crippen MR) is 115 cm³/mol. The van der Waals surface area contributed by atoms with E-state index in [1.807, 2.05) is 19.1 Å². The van der Waals surface area contributed by atoms with Crippen LogP contribution in [0, 0.1) is 6.92 Å². The number of halogens is 3. The Labute approximate surface area is 187 Å². The van der Waals surface area contributed by atoms with Crippen LogP contribution in [-0.4, -0.2) is 28.1 Å². The minimum Gasteiger partial charge on any atom is -0.406 e. The highest BCUT2D eigenvalue weighted by molar-refractivity contribution is 6.36. The van der Waals surface area contributed by atoms with Crippen molar-refractivity contribution < 1.29 is 27.5 Å². The van der Waals surface area contributed by atoms with Crippen molar-refractivity contribution in [3.8, 4) is 5.75 Å². The van der Waals surface area contributed by atoms with Crippen molar-refractivity contribution in [1.29, 1.82) is 0 Å². The lowest BCUT2D eigenvalue weighted by Gasteiger charge is -2.15. The van der Waals surface area contributed by atoms with E-state index in [0.29, 0.717) is 16.8 Å². The van der Waals surface area contributed by atoms with Crippen LogP contribution >= 0.6 is 0 Å². The first-order valence-electron chi connectivity index (χ1n) is 9.90. The summed E-state index contributed by atoms with van der Waals surface area (Å²) < 4.78 is 41.1. The molecule has 1 N–H and O–H groups in total. The first-order valence-corrected chi connectivity index (χ1v) is 9.90. The zero-order valence-electron chi connectivity index (χ0n) is 17.4. The molecule has 0 bridgehead atoms. The van der Waals surface area contributed by atoms with Crippen LogP contribution in [0.25, 0.3) is 5.57 Å². The van der Waals surface area contributed by atoms with E-state index in [0.717, 1.165) is 22.6 Å². The Hall–Kier alpha value is -4.14. The van der Waals surface area contributed by atoms with Crippen molar-refractivity contribution in [2.45, 2.75) is 19.8 Å². The average Bonchev–Trinajstić information content (AvgIpc) is 3.00. The van der Waals surface area contributed by atoms with Crippen molar-refractivity contribution in [3.05, 3.63) is 95.4 Å². The average molecular weight is 453 g/mol. The lowest BCUT2D eigenvalue weighted by molar-refractivity contribution is -0.274. The van der Waals surface area contributed by atoms with Gasteiger partial charge in [-0.3, -0.25) is 19.5 Å². The van der Waals surface area contributed by atoms with Crippen LogP contribution < -0.4 is 10.1 Å². The molecule has 1 aromatic heterocycles. The highest BCUT2D eigenvalue weighted by Gasteiger charge is 2.39. The lowest BCUT2D eigenvalue weighted by Crippen LogP contribution is -2.32. The Kier molecular flexibility index (Phi) is 5.87. The van der Waals surface area contributed by atoms with E-state index in [-0.39, 0.29) is 17.8 Å². The number of anilines is 1. The maximum atomic E-state index is 13.3. The maximum Gasteiger partial charge on any atom is 0.573 e. The fourth-order valence-corrected chi connectivity index (χ4v) is 3.38. The first-order chi connectivity index (χ1) is 15.7. The number of amides is 2. The fraction of sp³-hybridized carbons (Fsp3) is 0.125. The summed E-state index contributed by atoms with van der Waals surface area (Å²) in [5.74, 6) is -1.42. The van der Waals surface area contributed by atoms with Gasteiger partial charge >= 0.3 is 6.36 Å². The van der Waals surface area contributed by atoms with E-state index in [1.165, 1.54) is 12.1 Å². The Morgan fingerprint density at radius 1 is 0.970 bits per heavy atom. The summed E-state index contributed by atoms with van der Waals surface area (Å²) in [5.41, 5.74) is 2.76. The highest BCUT2D eigenvalue weighted by Crippen LogP contribution is 2.32. The van der Waals surface area contributed by atoms with Crippen LogP contribution in [0.5, 0.6) is 5.75 Å². The van der Waals surface area contributed by atoms with Crippen molar-refractivity contribution >= 4 is 23.1 Å². The standard InChI is InChI=1S/C24H18F3N3O3/c1-15-4-6-17(7-5-15)20-21(29-18-8-10-19(11-9-18)33-24(25,26)27)23(32)30(22(20)31)14-16-3-2-12-28-13-16/h2-13,29H,14H2,1H3. The van der Waals surface area contributed by atoms with E-state index in [9.17, 15) is 22.8 Å². The number of aryl methyl sites for hydroxylation is 1. The molecular formula is C24H18F3N3O3. The quantitative estimate of drug-likeness (QED) is 0.549. The second-order valence-electron chi connectivity index (χ2n) is 7.37. The fourth-order valence-electron chi connectivity index (χ4n) is 3.38. The molecule has 168 valence electrons. The minimum absolute atomic E-state index is 0.0322.